The lowest BCUT2D eigenvalue weighted by Gasteiger charge is -1.91. The van der Waals surface area contributed by atoms with Crippen LogP contribution in [0.2, 0.25) is 0 Å². The number of hydrogen-bond acceptors (Lipinski definition) is 3. The highest BCUT2D eigenvalue weighted by molar-refractivity contribution is 5.53. The van der Waals surface area contributed by atoms with Crippen LogP contribution in [0, 0.1) is 0 Å². The van der Waals surface area contributed by atoms with Crippen LogP contribution in [0.3, 0.4) is 0 Å². The van der Waals surface area contributed by atoms with Crippen molar-refractivity contribution in [1.29, 1.82) is 0 Å². The van der Waals surface area contributed by atoms with Crippen LogP contribution >= 0.6 is 0 Å². The van der Waals surface area contributed by atoms with Gasteiger partial charge in [0.25, 0.3) is 0 Å². The maximum atomic E-state index is 8.56. The third-order valence-electron chi connectivity index (χ3n) is 0.492. The summed E-state index contributed by atoms with van der Waals surface area (Å²) in [7, 11) is 3.30. The number of rotatable bonds is 3. The molecule has 0 aromatic carbocycles. The van der Waals surface area contributed by atoms with E-state index in [0.717, 1.165) is 0 Å². The van der Waals surface area contributed by atoms with E-state index in [2.05, 4.69) is 16.1 Å². The average Bonchev–Trinajstić information content (AvgIpc) is 2.01. The molecule has 0 spiro atoms. The second-order valence-corrected chi connectivity index (χ2v) is 1.68. The summed E-state index contributed by atoms with van der Waals surface area (Å²) in [5.74, 6) is 0. The largest absolute Gasteiger partial charge is 0.503 e. The Morgan fingerprint density at radius 1 is 1.31 bits per heavy atom. The van der Waals surface area contributed by atoms with E-state index in [-0.39, 0.29) is 0 Å². The zero-order valence-corrected chi connectivity index (χ0v) is 8.32. The Balaban J connectivity index is -0.000000125. The minimum Gasteiger partial charge on any atom is -0.450 e. The van der Waals surface area contributed by atoms with Crippen LogP contribution in [-0.2, 0) is 9.47 Å². The second-order valence-electron chi connectivity index (χ2n) is 1.68. The molecule has 0 amide bonds. The van der Waals surface area contributed by atoms with Gasteiger partial charge in [0, 0.05) is 14.2 Å². The van der Waals surface area contributed by atoms with Crippen LogP contribution in [0.4, 0.5) is 4.79 Å². The van der Waals surface area contributed by atoms with Crippen molar-refractivity contribution in [1.82, 2.24) is 0 Å². The highest BCUT2D eigenvalue weighted by Crippen LogP contribution is 1.65. The molecule has 0 aliphatic rings. The Morgan fingerprint density at radius 2 is 1.46 bits per heavy atom. The number of carboxylic acid groups (broad SMARTS) is 2. The number of methoxy groups -OCH3 is 2. The SMILES string of the molecule is C=CC.COCCOC.O=C(O)O. The van der Waals surface area contributed by atoms with E-state index in [1.165, 1.54) is 0 Å². The molecule has 5 heteroatoms. The predicted octanol–water partition coefficient (Wildman–Crippen LogP) is 1.69. The number of ether oxygens (including phenoxy) is 2. The van der Waals surface area contributed by atoms with Crippen LogP contribution in [-0.4, -0.2) is 43.8 Å². The zero-order valence-electron chi connectivity index (χ0n) is 8.32. The third-order valence-corrected chi connectivity index (χ3v) is 0.492. The molecule has 5 nitrogen and oxygen atoms in total. The lowest BCUT2D eigenvalue weighted by molar-refractivity contribution is 0.103. The van der Waals surface area contributed by atoms with Gasteiger partial charge in [0.05, 0.1) is 13.2 Å². The molecular weight excluding hydrogens is 176 g/mol. The second kappa shape index (κ2) is 22.4. The first-order valence-electron chi connectivity index (χ1n) is 3.53. The standard InChI is InChI=1S/C4H10O2.C3H6.CH2O3/c1-5-3-4-6-2;1-3-2;2-1(3)4/h3-4H2,1-2H3;3H,1H2,2H3;(H2,2,3,4). The van der Waals surface area contributed by atoms with Crippen LogP contribution in [0.25, 0.3) is 0 Å². The topological polar surface area (TPSA) is 76.0 Å². The molecule has 0 saturated carbocycles. The quantitative estimate of drug-likeness (QED) is 0.528. The molecule has 0 aliphatic carbocycles. The van der Waals surface area contributed by atoms with E-state index in [0.29, 0.717) is 13.2 Å². The van der Waals surface area contributed by atoms with Crippen molar-refractivity contribution in [3.63, 3.8) is 0 Å². The molecule has 0 fully saturated rings. The van der Waals surface area contributed by atoms with Gasteiger partial charge in [-0.05, 0) is 6.92 Å². The lowest BCUT2D eigenvalue weighted by Crippen LogP contribution is -1.96. The summed E-state index contributed by atoms with van der Waals surface area (Å²) in [4.78, 5) is 8.56. The molecule has 0 aromatic rings. The van der Waals surface area contributed by atoms with Crippen LogP contribution in [0.15, 0.2) is 12.7 Å². The Kier molecular flexibility index (Phi) is 30.9. The van der Waals surface area contributed by atoms with Crippen molar-refractivity contribution in [3.05, 3.63) is 12.7 Å². The van der Waals surface area contributed by atoms with Gasteiger partial charge in [0.2, 0.25) is 0 Å². The van der Waals surface area contributed by atoms with Crippen molar-refractivity contribution in [2.45, 2.75) is 6.92 Å². The summed E-state index contributed by atoms with van der Waals surface area (Å²) >= 11 is 0. The summed E-state index contributed by atoms with van der Waals surface area (Å²) < 4.78 is 9.31. The van der Waals surface area contributed by atoms with Crippen molar-refractivity contribution < 1.29 is 24.5 Å². The van der Waals surface area contributed by atoms with Gasteiger partial charge >= 0.3 is 6.16 Å². The first-order chi connectivity index (χ1) is 6.06. The molecule has 13 heavy (non-hydrogen) atoms. The Bertz CT molecular complexity index is 94.7. The first kappa shape index (κ1) is 17.9. The fourth-order valence-corrected chi connectivity index (χ4v) is 0.167. The summed E-state index contributed by atoms with van der Waals surface area (Å²) in [5.41, 5.74) is 0. The number of allylic oxidation sites excluding steroid dienone is 1. The maximum Gasteiger partial charge on any atom is 0.503 e. The Morgan fingerprint density at radius 3 is 1.54 bits per heavy atom. The average molecular weight is 194 g/mol. The van der Waals surface area contributed by atoms with E-state index in [4.69, 9.17) is 15.0 Å². The van der Waals surface area contributed by atoms with Gasteiger partial charge in [-0.25, -0.2) is 4.79 Å². The van der Waals surface area contributed by atoms with Crippen molar-refractivity contribution in [3.8, 4) is 0 Å². The van der Waals surface area contributed by atoms with Gasteiger partial charge in [0.1, 0.15) is 0 Å². The Hall–Kier alpha value is -1.07. The van der Waals surface area contributed by atoms with E-state index in [9.17, 15) is 0 Å². The minimum atomic E-state index is -1.83. The molecule has 0 rings (SSSR count). The van der Waals surface area contributed by atoms with Crippen LogP contribution in [0.5, 0.6) is 0 Å². The van der Waals surface area contributed by atoms with Crippen LogP contribution < -0.4 is 0 Å². The molecule has 2 N–H and O–H groups in total. The van der Waals surface area contributed by atoms with E-state index in [1.807, 2.05) is 6.92 Å². The summed E-state index contributed by atoms with van der Waals surface area (Å²) in [6.07, 6.45) is -0.0833. The molecule has 0 heterocycles. The van der Waals surface area contributed by atoms with E-state index >= 15 is 0 Å². The van der Waals surface area contributed by atoms with Gasteiger partial charge in [-0.2, -0.15) is 0 Å². The molecule has 0 unspecified atom stereocenters. The highest BCUT2D eigenvalue weighted by Gasteiger charge is 1.73. The molecule has 0 aliphatic heterocycles. The predicted molar refractivity (Wildman–Crippen MR) is 50.3 cm³/mol. The molecule has 0 aromatic heterocycles. The fourth-order valence-electron chi connectivity index (χ4n) is 0.167. The molecule has 0 radical (unpaired) electrons. The third kappa shape index (κ3) is 234. The highest BCUT2D eigenvalue weighted by atomic mass is 16.6. The lowest BCUT2D eigenvalue weighted by atomic mass is 10.8. The molecule has 0 bridgehead atoms. The normalized spacial score (nSPS) is 7.00. The molecular formula is C8H18O5. The van der Waals surface area contributed by atoms with Crippen LogP contribution in [0.1, 0.15) is 6.92 Å². The zero-order chi connectivity index (χ0) is 11.1. The smallest absolute Gasteiger partial charge is 0.450 e. The van der Waals surface area contributed by atoms with Crippen molar-refractivity contribution in [2.24, 2.45) is 0 Å². The summed E-state index contributed by atoms with van der Waals surface area (Å²) in [6.45, 7) is 6.63. The van der Waals surface area contributed by atoms with Crippen molar-refractivity contribution >= 4 is 6.16 Å². The van der Waals surface area contributed by atoms with Gasteiger partial charge in [-0.1, -0.05) is 6.08 Å². The number of carbonyl (C=O) groups is 1. The summed E-state index contributed by atoms with van der Waals surface area (Å²) in [6, 6.07) is 0. The first-order valence-corrected chi connectivity index (χ1v) is 3.53. The van der Waals surface area contributed by atoms with Gasteiger partial charge in [-0.15, -0.1) is 6.58 Å². The molecule has 0 atom stereocenters. The van der Waals surface area contributed by atoms with Crippen molar-refractivity contribution in [2.75, 3.05) is 27.4 Å². The fraction of sp³-hybridized carbons (Fsp3) is 0.625. The molecule has 80 valence electrons. The van der Waals surface area contributed by atoms with E-state index < -0.39 is 6.16 Å². The van der Waals surface area contributed by atoms with Gasteiger partial charge in [-0.3, -0.25) is 0 Å². The van der Waals surface area contributed by atoms with Gasteiger partial charge < -0.3 is 19.7 Å². The van der Waals surface area contributed by atoms with E-state index in [1.54, 1.807) is 20.3 Å². The Labute approximate surface area is 78.6 Å². The minimum absolute atomic E-state index is 0.691. The monoisotopic (exact) mass is 194 g/mol. The number of hydrogen-bond donors (Lipinski definition) is 2. The molecule has 0 saturated heterocycles. The van der Waals surface area contributed by atoms with Gasteiger partial charge in [0.15, 0.2) is 0 Å². The summed E-state index contributed by atoms with van der Waals surface area (Å²) in [5, 5.41) is 13.9. The maximum absolute atomic E-state index is 8.56.